The summed E-state index contributed by atoms with van der Waals surface area (Å²) >= 11 is 0. The fourth-order valence-electron chi connectivity index (χ4n) is 8.02. The van der Waals surface area contributed by atoms with Crippen molar-refractivity contribution in [1.29, 1.82) is 0 Å². The first-order valence-corrected chi connectivity index (χ1v) is 21.9. The Labute approximate surface area is 342 Å². The molecule has 2 saturated carbocycles. The van der Waals surface area contributed by atoms with Gasteiger partial charge in [0.05, 0.1) is 18.4 Å². The number of carbonyl (C=O) groups is 4. The molecule has 5 N–H and O–H groups in total. The molecule has 3 aliphatic rings. The van der Waals surface area contributed by atoms with Crippen LogP contribution in [0, 0.1) is 23.7 Å². The van der Waals surface area contributed by atoms with E-state index in [0.717, 1.165) is 30.0 Å². The van der Waals surface area contributed by atoms with E-state index in [1.807, 2.05) is 31.2 Å². The maximum atomic E-state index is 14.5. The van der Waals surface area contributed by atoms with Crippen molar-refractivity contribution in [2.24, 2.45) is 29.4 Å². The number of anilines is 1. The number of fused-ring (bicyclic) bond motifs is 1. The Morgan fingerprint density at radius 1 is 1.12 bits per heavy atom. The molecule has 7 atom stereocenters. The Balaban J connectivity index is 1.25. The van der Waals surface area contributed by atoms with Gasteiger partial charge in [-0.2, -0.15) is 4.98 Å². The van der Waals surface area contributed by atoms with Crippen molar-refractivity contribution in [2.75, 3.05) is 26.0 Å². The van der Waals surface area contributed by atoms with E-state index in [0.29, 0.717) is 49.6 Å². The number of methoxy groups -OCH3 is 1. The van der Waals surface area contributed by atoms with E-state index in [-0.39, 0.29) is 36.6 Å². The molecule has 0 bridgehead atoms. The van der Waals surface area contributed by atoms with E-state index >= 15 is 0 Å². The van der Waals surface area contributed by atoms with Crippen molar-refractivity contribution in [3.63, 3.8) is 0 Å². The van der Waals surface area contributed by atoms with Crippen LogP contribution in [0.5, 0.6) is 11.6 Å². The molecular weight excluding hydrogens is 765 g/mol. The summed E-state index contributed by atoms with van der Waals surface area (Å²) in [6.07, 6.45) is 8.35. The summed E-state index contributed by atoms with van der Waals surface area (Å²) in [7, 11) is -0.355. The van der Waals surface area contributed by atoms with Gasteiger partial charge in [-0.1, -0.05) is 32.4 Å². The lowest BCUT2D eigenvalue weighted by Gasteiger charge is -2.32. The molecule has 2 aliphatic carbocycles. The highest BCUT2D eigenvalue weighted by Crippen LogP contribution is 2.43. The number of likely N-dealkylation sites (tertiary alicyclic amines) is 1. The first-order chi connectivity index (χ1) is 27.2. The number of nitrogens with two attached hydrogens (primary N) is 1. The predicted octanol–water partition coefficient (Wildman–Crippen LogP) is 5.43. The predicted molar refractivity (Wildman–Crippen MR) is 222 cm³/mol. The van der Waals surface area contributed by atoms with Crippen LogP contribution < -0.4 is 30.6 Å². The van der Waals surface area contributed by atoms with Gasteiger partial charge >= 0.3 is 6.09 Å². The Morgan fingerprint density at radius 2 is 1.84 bits per heavy atom. The van der Waals surface area contributed by atoms with Crippen LogP contribution in [-0.2, 0) is 29.1 Å². The summed E-state index contributed by atoms with van der Waals surface area (Å²) in [5.74, 6) is -0.656. The lowest BCUT2D eigenvalue weighted by Crippen LogP contribution is -2.56. The van der Waals surface area contributed by atoms with Crippen molar-refractivity contribution in [3.05, 3.63) is 36.4 Å². The summed E-state index contributed by atoms with van der Waals surface area (Å²) in [5, 5.41) is 7.40. The van der Waals surface area contributed by atoms with Crippen LogP contribution in [0.15, 0.2) is 36.4 Å². The zero-order valence-corrected chi connectivity index (χ0v) is 35.9. The van der Waals surface area contributed by atoms with E-state index in [1.54, 1.807) is 47.9 Å². The minimum absolute atomic E-state index is 0.0341. The SMILES string of the molecule is CNc1cc2cc(OC)ccc2c(O[C@@H]2C[C@@H](C(N)=O)N(C(=O)[C@@H](NC(=O)OC(C)(C)C)[C@H](C)CC(C)CC/C=C\[C@@H]3CCCC3C(=O)NS(=O)(=O)C3(C)CC3)C2)n1. The number of alkyl carbamates (subject to hydrolysis) is 1. The molecule has 5 rings (SSSR count). The highest BCUT2D eigenvalue weighted by Gasteiger charge is 2.51. The van der Waals surface area contributed by atoms with Gasteiger partial charge in [0.15, 0.2) is 0 Å². The second kappa shape index (κ2) is 18.1. The minimum Gasteiger partial charge on any atom is -0.497 e. The second-order valence-electron chi connectivity index (χ2n) is 17.6. The van der Waals surface area contributed by atoms with Gasteiger partial charge in [-0.25, -0.2) is 13.2 Å². The summed E-state index contributed by atoms with van der Waals surface area (Å²) in [6, 6.07) is 5.37. The number of ether oxygens (including phenoxy) is 3. The fourth-order valence-corrected chi connectivity index (χ4v) is 9.33. The smallest absolute Gasteiger partial charge is 0.408 e. The average molecular weight is 827 g/mol. The molecule has 3 fully saturated rings. The molecule has 320 valence electrons. The average Bonchev–Trinajstić information content (AvgIpc) is 3.53. The molecular formula is C42H62N6O9S. The molecule has 1 aromatic heterocycles. The third-order valence-corrected chi connectivity index (χ3v) is 13.8. The number of amides is 4. The fraction of sp³-hybridized carbons (Fsp3) is 0.643. The number of pyridine rings is 1. The number of hydrogen-bond donors (Lipinski definition) is 4. The maximum absolute atomic E-state index is 14.5. The number of nitrogens with one attached hydrogen (secondary N) is 3. The summed E-state index contributed by atoms with van der Waals surface area (Å²) < 4.78 is 44.2. The highest BCUT2D eigenvalue weighted by molar-refractivity contribution is 7.91. The van der Waals surface area contributed by atoms with Crippen molar-refractivity contribution >= 4 is 50.4 Å². The normalized spacial score (nSPS) is 23.2. The standard InChI is InChI=1S/C42H62N6O9S/c1-25(12-9-10-13-27-14-11-15-31(27)37(50)47-58(53,54)42(6)18-19-42)20-26(2)35(46-40(52)57-41(3,4)5)39(51)48-24-30(23-33(48)36(43)49)56-38-32-17-16-29(55-8)21-28(32)22-34(44-7)45-38/h10,13,16-17,21-22,25-27,30-31,33,35H,9,11-12,14-15,18-20,23-24H2,1-8H3,(H2,43,49)(H,44,45)(H,46,52)(H,47,50)/b13-10-/t25?,26-,27-,30-,31?,33+,35+/m1/s1. The molecule has 2 unspecified atom stereocenters. The highest BCUT2D eigenvalue weighted by atomic mass is 32.2. The first kappa shape index (κ1) is 44.5. The number of nitrogens with zero attached hydrogens (tertiary/aromatic N) is 2. The van der Waals surface area contributed by atoms with Crippen molar-refractivity contribution < 1.29 is 41.8 Å². The molecule has 1 aliphatic heterocycles. The molecule has 1 aromatic carbocycles. The number of hydrogen-bond acceptors (Lipinski definition) is 11. The van der Waals surface area contributed by atoms with Crippen LogP contribution in [0.2, 0.25) is 0 Å². The number of sulfonamides is 1. The largest absolute Gasteiger partial charge is 0.497 e. The van der Waals surface area contributed by atoms with Crippen LogP contribution in [0.3, 0.4) is 0 Å². The zero-order chi connectivity index (χ0) is 42.6. The molecule has 2 heterocycles. The number of primary amides is 1. The summed E-state index contributed by atoms with van der Waals surface area (Å²) in [4.78, 5) is 59.5. The van der Waals surface area contributed by atoms with E-state index in [1.165, 1.54) is 4.90 Å². The number of aromatic nitrogens is 1. The maximum Gasteiger partial charge on any atom is 0.408 e. The Kier molecular flexibility index (Phi) is 13.9. The number of allylic oxidation sites excluding steroid dienone is 2. The van der Waals surface area contributed by atoms with E-state index in [2.05, 4.69) is 33.3 Å². The Morgan fingerprint density at radius 3 is 2.48 bits per heavy atom. The van der Waals surface area contributed by atoms with Gasteiger partial charge in [0.25, 0.3) is 0 Å². The minimum atomic E-state index is -3.69. The Hall–Kier alpha value is -4.60. The quantitative estimate of drug-likeness (QED) is 0.148. The number of benzene rings is 1. The topological polar surface area (TPSA) is 208 Å². The van der Waals surface area contributed by atoms with Crippen LogP contribution >= 0.6 is 0 Å². The molecule has 58 heavy (non-hydrogen) atoms. The van der Waals surface area contributed by atoms with Crippen LogP contribution in [0.1, 0.15) is 99.3 Å². The van der Waals surface area contributed by atoms with Crippen LogP contribution in [-0.4, -0.2) is 91.4 Å². The van der Waals surface area contributed by atoms with Gasteiger partial charge in [0, 0.05) is 24.8 Å². The monoisotopic (exact) mass is 826 g/mol. The molecule has 0 radical (unpaired) electrons. The summed E-state index contributed by atoms with van der Waals surface area (Å²) in [5.41, 5.74) is 5.07. The van der Waals surface area contributed by atoms with E-state index in [4.69, 9.17) is 19.9 Å². The molecule has 0 spiro atoms. The molecule has 16 heteroatoms. The van der Waals surface area contributed by atoms with Crippen molar-refractivity contribution in [2.45, 2.75) is 128 Å². The molecule has 15 nitrogen and oxygen atoms in total. The lowest BCUT2D eigenvalue weighted by atomic mass is 9.87. The van der Waals surface area contributed by atoms with Crippen LogP contribution in [0.25, 0.3) is 10.8 Å². The van der Waals surface area contributed by atoms with Gasteiger partial charge in [0.2, 0.25) is 33.6 Å². The van der Waals surface area contributed by atoms with Gasteiger partial charge in [-0.15, -0.1) is 0 Å². The molecule has 2 aromatic rings. The zero-order valence-electron chi connectivity index (χ0n) is 35.1. The first-order valence-electron chi connectivity index (χ1n) is 20.4. The lowest BCUT2D eigenvalue weighted by molar-refractivity contribution is -0.140. The van der Waals surface area contributed by atoms with Gasteiger partial charge in [-0.05, 0) is 120 Å². The van der Waals surface area contributed by atoms with Crippen molar-refractivity contribution in [3.8, 4) is 11.6 Å². The Bertz CT molecular complexity index is 1970. The van der Waals surface area contributed by atoms with E-state index in [9.17, 15) is 27.6 Å². The third-order valence-electron chi connectivity index (χ3n) is 11.6. The number of carbonyl (C=O) groups excluding carboxylic acids is 4. The summed E-state index contributed by atoms with van der Waals surface area (Å²) in [6.45, 7) is 10.9. The van der Waals surface area contributed by atoms with Gasteiger partial charge in [-0.3, -0.25) is 19.1 Å². The van der Waals surface area contributed by atoms with Crippen LogP contribution in [0.4, 0.5) is 10.6 Å². The van der Waals surface area contributed by atoms with Gasteiger partial charge in [0.1, 0.15) is 35.4 Å². The van der Waals surface area contributed by atoms with E-state index < -0.39 is 62.4 Å². The molecule has 1 saturated heterocycles. The number of rotatable bonds is 17. The van der Waals surface area contributed by atoms with Gasteiger partial charge < -0.3 is 35.5 Å². The second-order valence-corrected chi connectivity index (χ2v) is 19.8. The van der Waals surface area contributed by atoms with Crippen molar-refractivity contribution in [1.82, 2.24) is 19.9 Å². The third kappa shape index (κ3) is 10.9. The molecule has 4 amide bonds.